The molecule has 0 spiro atoms. The van der Waals surface area contributed by atoms with Gasteiger partial charge in [-0.15, -0.1) is 12.4 Å². The van der Waals surface area contributed by atoms with E-state index in [1.807, 2.05) is 13.8 Å². The molecule has 1 rings (SSSR count). The Morgan fingerprint density at radius 3 is 2.43 bits per heavy atom. The number of likely N-dealkylation sites (tertiary alicyclic amines) is 1. The number of nitrogens with two attached hydrogens (primary N) is 1. The second kappa shape index (κ2) is 9.57. The number of hydrogen-bond acceptors (Lipinski definition) is 4. The lowest BCUT2D eigenvalue weighted by molar-refractivity contribution is -0.143. The molecule has 1 aliphatic rings. The fourth-order valence-corrected chi connectivity index (χ4v) is 2.42. The highest BCUT2D eigenvalue weighted by molar-refractivity contribution is 5.90. The van der Waals surface area contributed by atoms with Crippen LogP contribution in [0.3, 0.4) is 0 Å². The largest absolute Gasteiger partial charge is 0.346 e. The number of nitrogens with one attached hydrogen (secondary N) is 1. The molecule has 0 aliphatic carbocycles. The van der Waals surface area contributed by atoms with Gasteiger partial charge in [-0.2, -0.15) is 0 Å². The van der Waals surface area contributed by atoms with Gasteiger partial charge in [0.2, 0.25) is 17.7 Å². The topological polar surface area (TPSA) is 95.7 Å². The van der Waals surface area contributed by atoms with Crippen LogP contribution < -0.4 is 11.1 Å². The zero-order chi connectivity index (χ0) is 15.1. The van der Waals surface area contributed by atoms with Gasteiger partial charge in [0.25, 0.3) is 0 Å². The van der Waals surface area contributed by atoms with Crippen LogP contribution in [0.15, 0.2) is 0 Å². The SMILES string of the molecule is CCN(CC)C(=O)C1CCCN1C(=O)CNC(=O)CN.Cl. The molecular formula is C13H25ClN4O3. The van der Waals surface area contributed by atoms with Crippen molar-refractivity contribution >= 4 is 30.1 Å². The zero-order valence-corrected chi connectivity index (χ0v) is 13.4. The minimum atomic E-state index is -0.392. The molecule has 0 saturated carbocycles. The quantitative estimate of drug-likeness (QED) is 0.679. The maximum absolute atomic E-state index is 12.3. The molecule has 0 aromatic carbocycles. The Balaban J connectivity index is 0.00000400. The minimum absolute atomic E-state index is 0. The summed E-state index contributed by atoms with van der Waals surface area (Å²) >= 11 is 0. The lowest BCUT2D eigenvalue weighted by Crippen LogP contribution is -2.50. The zero-order valence-electron chi connectivity index (χ0n) is 12.6. The molecular weight excluding hydrogens is 296 g/mol. The molecule has 1 unspecified atom stereocenters. The first-order chi connectivity index (χ1) is 9.54. The van der Waals surface area contributed by atoms with Crippen molar-refractivity contribution in [1.29, 1.82) is 0 Å². The smallest absolute Gasteiger partial charge is 0.245 e. The third-order valence-corrected chi connectivity index (χ3v) is 3.56. The van der Waals surface area contributed by atoms with Crippen molar-refractivity contribution in [2.24, 2.45) is 5.73 Å². The third-order valence-electron chi connectivity index (χ3n) is 3.56. The summed E-state index contributed by atoms with van der Waals surface area (Å²) in [6.45, 7) is 5.44. The van der Waals surface area contributed by atoms with Gasteiger partial charge in [-0.05, 0) is 26.7 Å². The molecule has 0 radical (unpaired) electrons. The second-order valence-electron chi connectivity index (χ2n) is 4.74. The predicted molar refractivity (Wildman–Crippen MR) is 82.0 cm³/mol. The Kier molecular flexibility index (Phi) is 8.96. The Hall–Kier alpha value is -1.34. The van der Waals surface area contributed by atoms with Crippen molar-refractivity contribution in [3.05, 3.63) is 0 Å². The van der Waals surface area contributed by atoms with Gasteiger partial charge in [0, 0.05) is 19.6 Å². The fraction of sp³-hybridized carbons (Fsp3) is 0.769. The maximum atomic E-state index is 12.3. The van der Waals surface area contributed by atoms with Gasteiger partial charge >= 0.3 is 0 Å². The van der Waals surface area contributed by atoms with E-state index in [2.05, 4.69) is 5.32 Å². The monoisotopic (exact) mass is 320 g/mol. The molecule has 1 saturated heterocycles. The van der Waals surface area contributed by atoms with Gasteiger partial charge in [0.1, 0.15) is 6.04 Å². The average molecular weight is 321 g/mol. The Morgan fingerprint density at radius 2 is 1.90 bits per heavy atom. The lowest BCUT2D eigenvalue weighted by Gasteiger charge is -2.29. The van der Waals surface area contributed by atoms with E-state index < -0.39 is 6.04 Å². The minimum Gasteiger partial charge on any atom is -0.346 e. The summed E-state index contributed by atoms with van der Waals surface area (Å²) in [5.74, 6) is -0.607. The summed E-state index contributed by atoms with van der Waals surface area (Å²) in [7, 11) is 0. The molecule has 0 bridgehead atoms. The van der Waals surface area contributed by atoms with E-state index in [1.165, 1.54) is 0 Å². The summed E-state index contributed by atoms with van der Waals surface area (Å²) in [5, 5.41) is 2.45. The van der Waals surface area contributed by atoms with Gasteiger partial charge in [-0.1, -0.05) is 0 Å². The first-order valence-corrected chi connectivity index (χ1v) is 7.10. The second-order valence-corrected chi connectivity index (χ2v) is 4.74. The van der Waals surface area contributed by atoms with Crippen molar-refractivity contribution in [3.8, 4) is 0 Å². The summed E-state index contributed by atoms with van der Waals surface area (Å²) in [6.07, 6.45) is 1.50. The van der Waals surface area contributed by atoms with E-state index in [0.29, 0.717) is 26.1 Å². The highest BCUT2D eigenvalue weighted by Gasteiger charge is 2.35. The Bertz CT molecular complexity index is 374. The van der Waals surface area contributed by atoms with E-state index in [4.69, 9.17) is 5.73 Å². The highest BCUT2D eigenvalue weighted by Crippen LogP contribution is 2.19. The predicted octanol–water partition coefficient (Wildman–Crippen LogP) is -0.657. The molecule has 3 N–H and O–H groups in total. The first-order valence-electron chi connectivity index (χ1n) is 7.10. The summed E-state index contributed by atoms with van der Waals surface area (Å²) in [4.78, 5) is 38.8. The van der Waals surface area contributed by atoms with Gasteiger partial charge in [0.05, 0.1) is 13.1 Å². The number of carbonyl (C=O) groups excluding carboxylic acids is 3. The van der Waals surface area contributed by atoms with E-state index in [1.54, 1.807) is 9.80 Å². The average Bonchev–Trinajstić information content (AvgIpc) is 2.94. The van der Waals surface area contributed by atoms with E-state index in [9.17, 15) is 14.4 Å². The number of halogens is 1. The normalized spacial score (nSPS) is 17.1. The molecule has 7 nitrogen and oxygen atoms in total. The molecule has 1 aliphatic heterocycles. The molecule has 1 heterocycles. The summed E-state index contributed by atoms with van der Waals surface area (Å²) < 4.78 is 0. The van der Waals surface area contributed by atoms with Crippen LogP contribution in [0.4, 0.5) is 0 Å². The molecule has 0 aromatic rings. The molecule has 0 aromatic heterocycles. The third kappa shape index (κ3) is 5.17. The number of hydrogen-bond donors (Lipinski definition) is 2. The van der Waals surface area contributed by atoms with Crippen LogP contribution in [0.5, 0.6) is 0 Å². The maximum Gasteiger partial charge on any atom is 0.245 e. The number of amides is 3. The fourth-order valence-electron chi connectivity index (χ4n) is 2.42. The van der Waals surface area contributed by atoms with Crippen LogP contribution in [0.25, 0.3) is 0 Å². The van der Waals surface area contributed by atoms with Crippen molar-refractivity contribution < 1.29 is 14.4 Å². The lowest BCUT2D eigenvalue weighted by atomic mass is 10.2. The van der Waals surface area contributed by atoms with Crippen LogP contribution in [0, 0.1) is 0 Å². The van der Waals surface area contributed by atoms with Gasteiger partial charge in [-0.25, -0.2) is 0 Å². The van der Waals surface area contributed by atoms with Gasteiger partial charge in [0.15, 0.2) is 0 Å². The summed E-state index contributed by atoms with van der Waals surface area (Å²) in [5.41, 5.74) is 5.17. The molecule has 1 atom stereocenters. The Morgan fingerprint density at radius 1 is 1.29 bits per heavy atom. The highest BCUT2D eigenvalue weighted by atomic mass is 35.5. The van der Waals surface area contributed by atoms with Crippen LogP contribution >= 0.6 is 12.4 Å². The van der Waals surface area contributed by atoms with Crippen LogP contribution in [0.2, 0.25) is 0 Å². The Labute approximate surface area is 131 Å². The van der Waals surface area contributed by atoms with Crippen molar-refractivity contribution in [2.75, 3.05) is 32.7 Å². The number of rotatable bonds is 6. The van der Waals surface area contributed by atoms with Crippen molar-refractivity contribution in [3.63, 3.8) is 0 Å². The van der Waals surface area contributed by atoms with Crippen molar-refractivity contribution in [2.45, 2.75) is 32.7 Å². The van der Waals surface area contributed by atoms with Crippen LogP contribution in [-0.2, 0) is 14.4 Å². The van der Waals surface area contributed by atoms with Gasteiger partial charge < -0.3 is 20.9 Å². The standard InChI is InChI=1S/C13H24N4O3.ClH/c1-3-16(4-2)13(20)10-6-5-7-17(10)12(19)9-15-11(18)8-14;/h10H,3-9,14H2,1-2H3,(H,15,18);1H. The number of nitrogens with zero attached hydrogens (tertiary/aromatic N) is 2. The molecule has 122 valence electrons. The van der Waals surface area contributed by atoms with Crippen LogP contribution in [-0.4, -0.2) is 66.3 Å². The van der Waals surface area contributed by atoms with Crippen LogP contribution in [0.1, 0.15) is 26.7 Å². The summed E-state index contributed by atoms with van der Waals surface area (Å²) in [6, 6.07) is -0.392. The molecule has 8 heteroatoms. The van der Waals surface area contributed by atoms with E-state index in [-0.39, 0.29) is 43.2 Å². The number of carbonyl (C=O) groups is 3. The molecule has 1 fully saturated rings. The molecule has 21 heavy (non-hydrogen) atoms. The van der Waals surface area contributed by atoms with E-state index >= 15 is 0 Å². The van der Waals surface area contributed by atoms with Crippen molar-refractivity contribution in [1.82, 2.24) is 15.1 Å². The van der Waals surface area contributed by atoms with E-state index in [0.717, 1.165) is 6.42 Å². The first kappa shape index (κ1) is 19.7. The number of likely N-dealkylation sites (N-methyl/N-ethyl adjacent to an activating group) is 1. The van der Waals surface area contributed by atoms with Gasteiger partial charge in [-0.3, -0.25) is 14.4 Å². The molecule has 3 amide bonds.